The Labute approximate surface area is 217 Å². The average Bonchev–Trinajstić information content (AvgIpc) is 3.33. The predicted molar refractivity (Wildman–Crippen MR) is 142 cm³/mol. The third kappa shape index (κ3) is 5.86. The molecule has 4 rings (SSSR count). The minimum Gasteiger partial charge on any atom is -0.633 e. The third-order valence-corrected chi connectivity index (χ3v) is 6.95. The third-order valence-electron chi connectivity index (χ3n) is 6.69. The molecular formula is C28H33ClN4O3. The van der Waals surface area contributed by atoms with Gasteiger partial charge in [-0.15, -0.1) is 0 Å². The number of aromatic nitrogens is 2. The van der Waals surface area contributed by atoms with E-state index in [1.807, 2.05) is 37.3 Å². The van der Waals surface area contributed by atoms with E-state index in [4.69, 9.17) is 16.6 Å². The van der Waals surface area contributed by atoms with Gasteiger partial charge in [-0.3, -0.25) is 14.2 Å². The maximum atomic E-state index is 13.8. The second-order valence-corrected chi connectivity index (χ2v) is 10.3. The number of halogens is 1. The summed E-state index contributed by atoms with van der Waals surface area (Å²) < 4.78 is 1.20. The van der Waals surface area contributed by atoms with Gasteiger partial charge in [0.2, 0.25) is 0 Å². The van der Waals surface area contributed by atoms with E-state index in [-0.39, 0.29) is 24.6 Å². The van der Waals surface area contributed by atoms with Crippen molar-refractivity contribution >= 4 is 17.5 Å². The molecular weight excluding hydrogens is 476 g/mol. The van der Waals surface area contributed by atoms with Crippen LogP contribution in [0.4, 0.5) is 0 Å². The van der Waals surface area contributed by atoms with Crippen molar-refractivity contribution in [3.63, 3.8) is 0 Å². The second kappa shape index (κ2) is 10.9. The van der Waals surface area contributed by atoms with Crippen molar-refractivity contribution in [3.8, 4) is 0 Å². The minimum atomic E-state index is -0.532. The maximum Gasteiger partial charge on any atom is 0.257 e. The fourth-order valence-corrected chi connectivity index (χ4v) is 4.89. The monoisotopic (exact) mass is 508 g/mol. The zero-order valence-electron chi connectivity index (χ0n) is 21.1. The quantitative estimate of drug-likeness (QED) is 0.312. The molecule has 1 atom stereocenters. The predicted octanol–water partition coefficient (Wildman–Crippen LogP) is 4.60. The fraction of sp³-hybridized carbons (Fsp3) is 0.393. The van der Waals surface area contributed by atoms with Crippen LogP contribution in [0.2, 0.25) is 5.02 Å². The van der Waals surface area contributed by atoms with Crippen LogP contribution in [-0.2, 0) is 19.4 Å². The number of quaternary nitrogens is 1. The summed E-state index contributed by atoms with van der Waals surface area (Å²) in [6.07, 6.45) is 2.93. The van der Waals surface area contributed by atoms with E-state index < -0.39 is 10.7 Å². The van der Waals surface area contributed by atoms with Crippen LogP contribution < -0.4 is 5.56 Å². The van der Waals surface area contributed by atoms with Gasteiger partial charge in [-0.05, 0) is 55.5 Å². The van der Waals surface area contributed by atoms with Crippen LogP contribution >= 0.6 is 11.6 Å². The highest BCUT2D eigenvalue weighted by Gasteiger charge is 2.32. The molecule has 1 aliphatic carbocycles. The first-order valence-corrected chi connectivity index (χ1v) is 12.8. The smallest absolute Gasteiger partial charge is 0.257 e. The number of carbonyl (C=O) groups excluding carboxylic acids is 1. The van der Waals surface area contributed by atoms with Gasteiger partial charge in [0.15, 0.2) is 0 Å². The molecule has 36 heavy (non-hydrogen) atoms. The number of nitrogens with zero attached hydrogens (tertiary/aromatic N) is 4. The summed E-state index contributed by atoms with van der Waals surface area (Å²) in [5.74, 6) is 0.360. The Hall–Kier alpha value is -3.00. The Morgan fingerprint density at radius 3 is 2.47 bits per heavy atom. The van der Waals surface area contributed by atoms with Crippen LogP contribution in [0.25, 0.3) is 0 Å². The molecule has 0 N–H and O–H groups in total. The van der Waals surface area contributed by atoms with Gasteiger partial charge >= 0.3 is 0 Å². The molecule has 0 saturated heterocycles. The van der Waals surface area contributed by atoms with Crippen molar-refractivity contribution in [1.82, 2.24) is 14.5 Å². The average molecular weight is 509 g/mol. The Morgan fingerprint density at radius 1 is 1.14 bits per heavy atom. The summed E-state index contributed by atoms with van der Waals surface area (Å²) in [6, 6.07) is 16.1. The molecule has 2 aromatic carbocycles. The molecule has 1 aliphatic rings. The Bertz CT molecular complexity index is 1270. The topological polar surface area (TPSA) is 78.3 Å². The van der Waals surface area contributed by atoms with Crippen molar-refractivity contribution in [3.05, 3.63) is 103 Å². The van der Waals surface area contributed by atoms with Crippen LogP contribution in [0.5, 0.6) is 0 Å². The van der Waals surface area contributed by atoms with E-state index in [1.165, 1.54) is 0 Å². The summed E-state index contributed by atoms with van der Waals surface area (Å²) in [5, 5.41) is 13.0. The molecule has 0 bridgehead atoms. The molecule has 1 amide bonds. The highest BCUT2D eigenvalue weighted by Crippen LogP contribution is 2.28. The van der Waals surface area contributed by atoms with Crippen LogP contribution in [0.1, 0.15) is 58.8 Å². The van der Waals surface area contributed by atoms with Crippen molar-refractivity contribution < 1.29 is 9.44 Å². The number of carbonyl (C=O) groups is 1. The molecule has 1 aromatic heterocycles. The summed E-state index contributed by atoms with van der Waals surface area (Å²) in [4.78, 5) is 34.2. The van der Waals surface area contributed by atoms with E-state index in [0.29, 0.717) is 29.4 Å². The molecule has 190 valence electrons. The van der Waals surface area contributed by atoms with Gasteiger partial charge in [0.1, 0.15) is 5.82 Å². The van der Waals surface area contributed by atoms with E-state index in [9.17, 15) is 14.8 Å². The zero-order valence-corrected chi connectivity index (χ0v) is 21.9. The number of hydrogen-bond acceptors (Lipinski definition) is 4. The summed E-state index contributed by atoms with van der Waals surface area (Å²) >= 11 is 6.06. The highest BCUT2D eigenvalue weighted by atomic mass is 35.5. The number of fused-ring (bicyclic) bond motifs is 1. The second-order valence-electron chi connectivity index (χ2n) is 9.85. The Morgan fingerprint density at radius 2 is 1.83 bits per heavy atom. The van der Waals surface area contributed by atoms with Gasteiger partial charge in [-0.25, -0.2) is 4.98 Å². The number of aryl methyl sites for hydroxylation is 1. The first kappa shape index (κ1) is 26.1. The number of hydrogen-bond donors (Lipinski definition) is 0. The Kier molecular flexibility index (Phi) is 7.93. The minimum absolute atomic E-state index is 0.0337. The van der Waals surface area contributed by atoms with E-state index in [2.05, 4.69) is 0 Å². The first-order valence-electron chi connectivity index (χ1n) is 12.4. The molecule has 1 heterocycles. The Balaban J connectivity index is 1.82. The molecule has 3 aromatic rings. The zero-order chi connectivity index (χ0) is 25.9. The molecule has 1 unspecified atom stereocenters. The number of hydroxylamine groups is 3. The number of likely N-dealkylation sites (N-methyl/N-ethyl adjacent to an activating group) is 1. The van der Waals surface area contributed by atoms with Crippen LogP contribution in [0.15, 0.2) is 59.4 Å². The van der Waals surface area contributed by atoms with Crippen molar-refractivity contribution in [2.24, 2.45) is 0 Å². The lowest BCUT2D eigenvalue weighted by atomic mass is 10.1. The van der Waals surface area contributed by atoms with Gasteiger partial charge in [0.25, 0.3) is 11.5 Å². The van der Waals surface area contributed by atoms with Gasteiger partial charge < -0.3 is 14.8 Å². The summed E-state index contributed by atoms with van der Waals surface area (Å²) in [6.45, 7) is 2.80. The number of amides is 1. The van der Waals surface area contributed by atoms with Gasteiger partial charge in [0, 0.05) is 16.1 Å². The SMILES string of the molecule is CCC(c1nc2c(c(=O)n1Cc1ccccc1)CCC2)N(CC[N+](C)(C)[O-])C(=O)c1ccc(Cl)cc1. The standard InChI is InChI=1S/C28H33ClN4O3/c1-4-25(31(17-18-33(2,3)36)27(34)21-13-15-22(29)16-14-21)26-30-24-12-8-11-23(24)28(35)32(26)19-20-9-6-5-7-10-20/h5-7,9-10,13-16,25H,4,8,11-12,17-19H2,1-3H3. The van der Waals surface area contributed by atoms with E-state index in [1.54, 1.807) is 47.8 Å². The molecule has 0 spiro atoms. The largest absolute Gasteiger partial charge is 0.633 e. The highest BCUT2D eigenvalue weighted by molar-refractivity contribution is 6.30. The molecule has 0 radical (unpaired) electrons. The molecule has 0 fully saturated rings. The van der Waals surface area contributed by atoms with Gasteiger partial charge in [-0.2, -0.15) is 0 Å². The van der Waals surface area contributed by atoms with Crippen molar-refractivity contribution in [1.29, 1.82) is 0 Å². The van der Waals surface area contributed by atoms with Gasteiger partial charge in [0.05, 0.1) is 45.5 Å². The normalized spacial score (nSPS) is 13.9. The van der Waals surface area contributed by atoms with Crippen molar-refractivity contribution in [2.75, 3.05) is 27.2 Å². The molecule has 8 heteroatoms. The van der Waals surface area contributed by atoms with Crippen LogP contribution in [-0.4, -0.2) is 52.2 Å². The molecule has 0 aliphatic heterocycles. The first-order chi connectivity index (χ1) is 17.2. The molecule has 7 nitrogen and oxygen atoms in total. The van der Waals surface area contributed by atoms with Crippen LogP contribution in [0, 0.1) is 5.21 Å². The van der Waals surface area contributed by atoms with Crippen LogP contribution in [0.3, 0.4) is 0 Å². The van der Waals surface area contributed by atoms with E-state index in [0.717, 1.165) is 36.1 Å². The van der Waals surface area contributed by atoms with Gasteiger partial charge in [-0.1, -0.05) is 48.9 Å². The van der Waals surface area contributed by atoms with E-state index >= 15 is 0 Å². The number of rotatable bonds is 9. The summed E-state index contributed by atoms with van der Waals surface area (Å²) in [5.41, 5.74) is 3.04. The number of benzene rings is 2. The lowest BCUT2D eigenvalue weighted by Crippen LogP contribution is -2.46. The lowest BCUT2D eigenvalue weighted by molar-refractivity contribution is -0.839. The lowest BCUT2D eigenvalue weighted by Gasteiger charge is -2.38. The fourth-order valence-electron chi connectivity index (χ4n) is 4.77. The molecule has 0 saturated carbocycles. The summed E-state index contributed by atoms with van der Waals surface area (Å²) in [7, 11) is 3.12. The maximum absolute atomic E-state index is 13.8. The van der Waals surface area contributed by atoms with Crippen molar-refractivity contribution in [2.45, 2.75) is 45.2 Å².